The summed E-state index contributed by atoms with van der Waals surface area (Å²) in [6.07, 6.45) is 5.06. The van der Waals surface area contributed by atoms with Crippen molar-refractivity contribution in [3.05, 3.63) is 33.3 Å². The van der Waals surface area contributed by atoms with Crippen molar-refractivity contribution in [2.45, 2.75) is 37.8 Å². The zero-order valence-corrected chi connectivity index (χ0v) is 12.9. The molecule has 1 fully saturated rings. The molecule has 2 atom stereocenters. The highest BCUT2D eigenvalue weighted by atomic mass is 79.9. The summed E-state index contributed by atoms with van der Waals surface area (Å²) in [5.41, 5.74) is 1.26. The van der Waals surface area contributed by atoms with Crippen LogP contribution < -0.4 is 5.32 Å². The highest BCUT2D eigenvalue weighted by Gasteiger charge is 2.19. The molecule has 18 heavy (non-hydrogen) atoms. The molecular formula is C14H19BrClNO. The minimum Gasteiger partial charge on any atom is -0.378 e. The molecule has 1 aliphatic heterocycles. The molecule has 1 aliphatic rings. The van der Waals surface area contributed by atoms with Crippen LogP contribution in [0.2, 0.25) is 5.02 Å². The summed E-state index contributed by atoms with van der Waals surface area (Å²) in [5.74, 6) is 0. The maximum absolute atomic E-state index is 5.98. The highest BCUT2D eigenvalue weighted by molar-refractivity contribution is 9.10. The Balaban J connectivity index is 1.98. The van der Waals surface area contributed by atoms with E-state index in [-0.39, 0.29) is 0 Å². The molecule has 1 heterocycles. The second-order valence-electron chi connectivity index (χ2n) is 4.72. The number of hydrogen-bond donors (Lipinski definition) is 1. The smallest absolute Gasteiger partial charge is 0.0576 e. The third kappa shape index (κ3) is 3.70. The fourth-order valence-electron chi connectivity index (χ4n) is 2.46. The fourth-order valence-corrected chi connectivity index (χ4v) is 3.42. The monoisotopic (exact) mass is 331 g/mol. The molecule has 1 aromatic carbocycles. The number of benzene rings is 1. The lowest BCUT2D eigenvalue weighted by atomic mass is 9.99. The molecule has 0 saturated carbocycles. The predicted octanol–water partition coefficient (Wildman–Crippen LogP) is 4.32. The van der Waals surface area contributed by atoms with Gasteiger partial charge in [0.2, 0.25) is 0 Å². The van der Waals surface area contributed by atoms with Crippen molar-refractivity contribution in [2.75, 3.05) is 13.7 Å². The van der Waals surface area contributed by atoms with Gasteiger partial charge in [-0.25, -0.2) is 0 Å². The second-order valence-corrected chi connectivity index (χ2v) is 6.01. The summed E-state index contributed by atoms with van der Waals surface area (Å²) in [7, 11) is 2.00. The van der Waals surface area contributed by atoms with E-state index in [0.29, 0.717) is 12.1 Å². The first-order valence-electron chi connectivity index (χ1n) is 6.44. The Morgan fingerprint density at radius 2 is 2.39 bits per heavy atom. The average Bonchev–Trinajstić information content (AvgIpc) is 2.85. The van der Waals surface area contributed by atoms with Crippen LogP contribution >= 0.6 is 27.5 Å². The van der Waals surface area contributed by atoms with E-state index in [1.807, 2.05) is 19.2 Å². The number of halogens is 2. The van der Waals surface area contributed by atoms with Crippen LogP contribution in [0, 0.1) is 0 Å². The Kier molecular flexibility index (Phi) is 5.49. The largest absolute Gasteiger partial charge is 0.378 e. The van der Waals surface area contributed by atoms with Crippen LogP contribution in [-0.2, 0) is 4.74 Å². The molecule has 0 spiro atoms. The summed E-state index contributed by atoms with van der Waals surface area (Å²) < 4.78 is 6.74. The van der Waals surface area contributed by atoms with Crippen LogP contribution in [0.25, 0.3) is 0 Å². The third-order valence-electron chi connectivity index (χ3n) is 3.49. The molecule has 2 nitrogen and oxygen atoms in total. The molecule has 0 aliphatic carbocycles. The van der Waals surface area contributed by atoms with Gasteiger partial charge in [0, 0.05) is 22.1 Å². The van der Waals surface area contributed by atoms with Gasteiger partial charge in [-0.15, -0.1) is 0 Å². The van der Waals surface area contributed by atoms with E-state index in [4.69, 9.17) is 16.3 Å². The molecule has 0 aromatic heterocycles. The molecule has 4 heteroatoms. The van der Waals surface area contributed by atoms with E-state index >= 15 is 0 Å². The predicted molar refractivity (Wildman–Crippen MR) is 79.2 cm³/mol. The lowest BCUT2D eigenvalue weighted by Gasteiger charge is -2.20. The van der Waals surface area contributed by atoms with Gasteiger partial charge in [-0.1, -0.05) is 33.6 Å². The normalized spacial score (nSPS) is 21.2. The van der Waals surface area contributed by atoms with Crippen molar-refractivity contribution in [1.29, 1.82) is 0 Å². The SMILES string of the molecule is CNC(CCC1CCCO1)c1ccc(Cl)cc1Br. The molecule has 0 amide bonds. The molecular weight excluding hydrogens is 314 g/mol. The zero-order valence-electron chi connectivity index (χ0n) is 10.6. The van der Waals surface area contributed by atoms with Crippen molar-refractivity contribution < 1.29 is 4.74 Å². The van der Waals surface area contributed by atoms with E-state index in [2.05, 4.69) is 27.3 Å². The maximum Gasteiger partial charge on any atom is 0.0576 e. The van der Waals surface area contributed by atoms with E-state index in [0.717, 1.165) is 28.9 Å². The van der Waals surface area contributed by atoms with E-state index in [1.54, 1.807) is 0 Å². The van der Waals surface area contributed by atoms with Gasteiger partial charge < -0.3 is 10.1 Å². The highest BCUT2D eigenvalue weighted by Crippen LogP contribution is 2.30. The molecule has 2 unspecified atom stereocenters. The minimum absolute atomic E-state index is 0.348. The van der Waals surface area contributed by atoms with Gasteiger partial charge in [0.25, 0.3) is 0 Å². The van der Waals surface area contributed by atoms with Crippen LogP contribution in [0.1, 0.15) is 37.3 Å². The molecule has 1 saturated heterocycles. The van der Waals surface area contributed by atoms with Gasteiger partial charge in [-0.05, 0) is 50.4 Å². The minimum atomic E-state index is 0.348. The molecule has 1 N–H and O–H groups in total. The first kappa shape index (κ1) is 14.3. The number of hydrogen-bond acceptors (Lipinski definition) is 2. The Labute approximate surface area is 122 Å². The first-order chi connectivity index (χ1) is 8.70. The quantitative estimate of drug-likeness (QED) is 0.867. The van der Waals surface area contributed by atoms with Crippen molar-refractivity contribution in [1.82, 2.24) is 5.32 Å². The Morgan fingerprint density at radius 3 is 3.00 bits per heavy atom. The molecule has 100 valence electrons. The van der Waals surface area contributed by atoms with Crippen LogP contribution in [0.4, 0.5) is 0 Å². The fraction of sp³-hybridized carbons (Fsp3) is 0.571. The van der Waals surface area contributed by atoms with Gasteiger partial charge in [0.15, 0.2) is 0 Å². The Hall–Kier alpha value is -0.0900. The van der Waals surface area contributed by atoms with E-state index < -0.39 is 0 Å². The summed E-state index contributed by atoms with van der Waals surface area (Å²) in [6.45, 7) is 0.930. The number of ether oxygens (including phenoxy) is 1. The lowest BCUT2D eigenvalue weighted by molar-refractivity contribution is 0.0998. The van der Waals surface area contributed by atoms with Crippen molar-refractivity contribution in [3.8, 4) is 0 Å². The number of nitrogens with one attached hydrogen (secondary N) is 1. The first-order valence-corrected chi connectivity index (χ1v) is 7.61. The van der Waals surface area contributed by atoms with Crippen molar-refractivity contribution in [3.63, 3.8) is 0 Å². The molecule has 0 radical (unpaired) electrons. The maximum atomic E-state index is 5.98. The third-order valence-corrected chi connectivity index (χ3v) is 4.41. The number of rotatable bonds is 5. The summed E-state index contributed by atoms with van der Waals surface area (Å²) in [4.78, 5) is 0. The van der Waals surface area contributed by atoms with Gasteiger partial charge >= 0.3 is 0 Å². The average molecular weight is 333 g/mol. The molecule has 2 rings (SSSR count). The lowest BCUT2D eigenvalue weighted by Crippen LogP contribution is -2.19. The van der Waals surface area contributed by atoms with Crippen molar-refractivity contribution >= 4 is 27.5 Å². The second kappa shape index (κ2) is 6.90. The summed E-state index contributed by atoms with van der Waals surface area (Å²) >= 11 is 9.56. The Bertz CT molecular complexity index is 393. The standard InChI is InChI=1S/C14H19BrClNO/c1-17-14(7-5-11-3-2-8-18-11)12-6-4-10(16)9-13(12)15/h4,6,9,11,14,17H,2-3,5,7-8H2,1H3. The van der Waals surface area contributed by atoms with Gasteiger partial charge in [-0.3, -0.25) is 0 Å². The molecule has 1 aromatic rings. The van der Waals surface area contributed by atoms with Gasteiger partial charge in [0.05, 0.1) is 6.10 Å². The topological polar surface area (TPSA) is 21.3 Å². The van der Waals surface area contributed by atoms with Crippen LogP contribution in [0.5, 0.6) is 0 Å². The van der Waals surface area contributed by atoms with Crippen LogP contribution in [0.15, 0.2) is 22.7 Å². The van der Waals surface area contributed by atoms with E-state index in [9.17, 15) is 0 Å². The zero-order chi connectivity index (χ0) is 13.0. The summed E-state index contributed by atoms with van der Waals surface area (Å²) in [6, 6.07) is 6.33. The van der Waals surface area contributed by atoms with Gasteiger partial charge in [-0.2, -0.15) is 0 Å². The molecule has 0 bridgehead atoms. The van der Waals surface area contributed by atoms with E-state index in [1.165, 1.54) is 18.4 Å². The van der Waals surface area contributed by atoms with Crippen LogP contribution in [-0.4, -0.2) is 19.8 Å². The van der Waals surface area contributed by atoms with Gasteiger partial charge in [0.1, 0.15) is 0 Å². The van der Waals surface area contributed by atoms with Crippen LogP contribution in [0.3, 0.4) is 0 Å². The summed E-state index contributed by atoms with van der Waals surface area (Å²) in [5, 5.41) is 4.14. The van der Waals surface area contributed by atoms with Crippen molar-refractivity contribution in [2.24, 2.45) is 0 Å². The Morgan fingerprint density at radius 1 is 1.56 bits per heavy atom.